The van der Waals surface area contributed by atoms with Gasteiger partial charge in [0.15, 0.2) is 0 Å². The van der Waals surface area contributed by atoms with Crippen LogP contribution in [0.2, 0.25) is 0 Å². The van der Waals surface area contributed by atoms with Crippen molar-refractivity contribution < 1.29 is 4.74 Å². The van der Waals surface area contributed by atoms with E-state index in [0.717, 1.165) is 38.2 Å². The molecule has 0 spiro atoms. The van der Waals surface area contributed by atoms with Crippen molar-refractivity contribution in [2.24, 2.45) is 11.7 Å². The Kier molecular flexibility index (Phi) is 4.61. The first-order valence-electron chi connectivity index (χ1n) is 6.80. The highest BCUT2D eigenvalue weighted by atomic mass is 16.5. The maximum Gasteiger partial charge on any atom is 0.118 e. The molecule has 2 rings (SSSR count). The van der Waals surface area contributed by atoms with E-state index in [1.807, 2.05) is 12.1 Å². The van der Waals surface area contributed by atoms with E-state index in [0.29, 0.717) is 12.0 Å². The van der Waals surface area contributed by atoms with E-state index >= 15 is 0 Å². The van der Waals surface area contributed by atoms with Gasteiger partial charge in [0.2, 0.25) is 0 Å². The molecular formula is C15H24N2O. The van der Waals surface area contributed by atoms with Gasteiger partial charge in [0.1, 0.15) is 5.75 Å². The predicted octanol–water partition coefficient (Wildman–Crippen LogP) is 1.91. The number of hydrogen-bond acceptors (Lipinski definition) is 3. The number of piperidine rings is 1. The van der Waals surface area contributed by atoms with Gasteiger partial charge < -0.3 is 15.4 Å². The number of likely N-dealkylation sites (tertiary alicyclic amines) is 1. The Hall–Kier alpha value is -1.06. The van der Waals surface area contributed by atoms with Crippen molar-refractivity contribution in [1.29, 1.82) is 0 Å². The topological polar surface area (TPSA) is 38.5 Å². The van der Waals surface area contributed by atoms with Crippen LogP contribution in [0, 0.1) is 5.92 Å². The standard InChI is InChI=1S/C15H24N2O/c1-12-11-17(10-8-15(12)16)9-7-13-3-5-14(18-2)6-4-13/h3-6,12,15H,7-11,16H2,1-2H3. The summed E-state index contributed by atoms with van der Waals surface area (Å²) in [5, 5.41) is 0. The van der Waals surface area contributed by atoms with Gasteiger partial charge in [0.05, 0.1) is 7.11 Å². The molecule has 1 saturated heterocycles. The van der Waals surface area contributed by atoms with Gasteiger partial charge in [-0.2, -0.15) is 0 Å². The molecule has 2 atom stereocenters. The predicted molar refractivity (Wildman–Crippen MR) is 74.9 cm³/mol. The molecule has 0 bridgehead atoms. The Morgan fingerprint density at radius 3 is 2.67 bits per heavy atom. The summed E-state index contributed by atoms with van der Waals surface area (Å²) < 4.78 is 5.17. The van der Waals surface area contributed by atoms with Crippen molar-refractivity contribution in [1.82, 2.24) is 4.90 Å². The lowest BCUT2D eigenvalue weighted by molar-refractivity contribution is 0.166. The van der Waals surface area contributed by atoms with E-state index in [2.05, 4.69) is 24.0 Å². The van der Waals surface area contributed by atoms with Crippen LogP contribution in [0.5, 0.6) is 5.75 Å². The first kappa shape index (κ1) is 13.4. The van der Waals surface area contributed by atoms with Crippen LogP contribution < -0.4 is 10.5 Å². The SMILES string of the molecule is COc1ccc(CCN2CCC(N)C(C)C2)cc1. The Morgan fingerprint density at radius 2 is 2.06 bits per heavy atom. The van der Waals surface area contributed by atoms with E-state index in [1.54, 1.807) is 7.11 Å². The second kappa shape index (κ2) is 6.21. The van der Waals surface area contributed by atoms with Crippen LogP contribution in [0.25, 0.3) is 0 Å². The smallest absolute Gasteiger partial charge is 0.118 e. The largest absolute Gasteiger partial charge is 0.497 e. The van der Waals surface area contributed by atoms with Crippen LogP contribution >= 0.6 is 0 Å². The Bertz CT molecular complexity index is 363. The number of hydrogen-bond donors (Lipinski definition) is 1. The summed E-state index contributed by atoms with van der Waals surface area (Å²) in [6.07, 6.45) is 2.23. The fourth-order valence-electron chi connectivity index (χ4n) is 2.53. The van der Waals surface area contributed by atoms with E-state index in [1.165, 1.54) is 5.56 Å². The number of nitrogens with two attached hydrogens (primary N) is 1. The monoisotopic (exact) mass is 248 g/mol. The van der Waals surface area contributed by atoms with Crippen molar-refractivity contribution in [2.75, 3.05) is 26.7 Å². The highest BCUT2D eigenvalue weighted by Gasteiger charge is 2.22. The van der Waals surface area contributed by atoms with Gasteiger partial charge in [-0.05, 0) is 43.0 Å². The number of ether oxygens (including phenoxy) is 1. The highest BCUT2D eigenvalue weighted by molar-refractivity contribution is 5.27. The summed E-state index contributed by atoms with van der Waals surface area (Å²) in [5.74, 6) is 1.55. The lowest BCUT2D eigenvalue weighted by Gasteiger charge is -2.35. The molecule has 3 heteroatoms. The zero-order valence-electron chi connectivity index (χ0n) is 11.4. The molecule has 0 radical (unpaired) electrons. The zero-order valence-corrected chi connectivity index (χ0v) is 11.4. The minimum absolute atomic E-state index is 0.391. The number of benzene rings is 1. The summed E-state index contributed by atoms with van der Waals surface area (Å²) in [5.41, 5.74) is 7.41. The van der Waals surface area contributed by atoms with Crippen molar-refractivity contribution in [3.8, 4) is 5.75 Å². The molecule has 1 aromatic rings. The first-order chi connectivity index (χ1) is 8.69. The minimum atomic E-state index is 0.391. The van der Waals surface area contributed by atoms with Gasteiger partial charge in [0, 0.05) is 19.1 Å². The van der Waals surface area contributed by atoms with E-state index < -0.39 is 0 Å². The van der Waals surface area contributed by atoms with Crippen molar-refractivity contribution in [3.05, 3.63) is 29.8 Å². The van der Waals surface area contributed by atoms with E-state index in [4.69, 9.17) is 10.5 Å². The lowest BCUT2D eigenvalue weighted by Crippen LogP contribution is -2.46. The molecule has 1 aromatic carbocycles. The molecule has 2 unspecified atom stereocenters. The van der Waals surface area contributed by atoms with Gasteiger partial charge in [-0.1, -0.05) is 19.1 Å². The van der Waals surface area contributed by atoms with E-state index in [-0.39, 0.29) is 0 Å². The maximum absolute atomic E-state index is 6.04. The maximum atomic E-state index is 6.04. The number of methoxy groups -OCH3 is 1. The molecule has 1 aliphatic rings. The fourth-order valence-corrected chi connectivity index (χ4v) is 2.53. The summed E-state index contributed by atoms with van der Waals surface area (Å²) >= 11 is 0. The molecule has 1 fully saturated rings. The normalized spacial score (nSPS) is 25.1. The molecule has 2 N–H and O–H groups in total. The van der Waals surface area contributed by atoms with Gasteiger partial charge in [0.25, 0.3) is 0 Å². The molecule has 0 aliphatic carbocycles. The van der Waals surface area contributed by atoms with Gasteiger partial charge in [-0.25, -0.2) is 0 Å². The Morgan fingerprint density at radius 1 is 1.33 bits per heavy atom. The molecule has 0 aromatic heterocycles. The van der Waals surface area contributed by atoms with Crippen molar-refractivity contribution in [3.63, 3.8) is 0 Å². The molecular weight excluding hydrogens is 224 g/mol. The summed E-state index contributed by atoms with van der Waals surface area (Å²) in [6.45, 7) is 5.66. The second-order valence-electron chi connectivity index (χ2n) is 5.33. The molecule has 18 heavy (non-hydrogen) atoms. The molecule has 1 aliphatic heterocycles. The van der Waals surface area contributed by atoms with Gasteiger partial charge in [-0.15, -0.1) is 0 Å². The van der Waals surface area contributed by atoms with Crippen LogP contribution in [-0.2, 0) is 6.42 Å². The van der Waals surface area contributed by atoms with Crippen LogP contribution in [0.4, 0.5) is 0 Å². The van der Waals surface area contributed by atoms with Crippen molar-refractivity contribution in [2.45, 2.75) is 25.8 Å². The van der Waals surface area contributed by atoms with Crippen LogP contribution in [0.15, 0.2) is 24.3 Å². The van der Waals surface area contributed by atoms with E-state index in [9.17, 15) is 0 Å². The first-order valence-corrected chi connectivity index (χ1v) is 6.80. The average Bonchev–Trinajstić information content (AvgIpc) is 2.41. The molecule has 0 saturated carbocycles. The fraction of sp³-hybridized carbons (Fsp3) is 0.600. The summed E-state index contributed by atoms with van der Waals surface area (Å²) in [4.78, 5) is 2.53. The summed E-state index contributed by atoms with van der Waals surface area (Å²) in [6, 6.07) is 8.76. The van der Waals surface area contributed by atoms with Crippen LogP contribution in [-0.4, -0.2) is 37.7 Å². The third-order valence-corrected chi connectivity index (χ3v) is 3.93. The van der Waals surface area contributed by atoms with Gasteiger partial charge in [-0.3, -0.25) is 0 Å². The van der Waals surface area contributed by atoms with Crippen LogP contribution in [0.3, 0.4) is 0 Å². The van der Waals surface area contributed by atoms with Gasteiger partial charge >= 0.3 is 0 Å². The third kappa shape index (κ3) is 3.47. The van der Waals surface area contributed by atoms with Crippen molar-refractivity contribution >= 4 is 0 Å². The zero-order chi connectivity index (χ0) is 13.0. The molecule has 1 heterocycles. The Labute approximate surface area is 110 Å². The number of rotatable bonds is 4. The highest BCUT2D eigenvalue weighted by Crippen LogP contribution is 2.16. The number of nitrogens with zero attached hydrogens (tertiary/aromatic N) is 1. The molecule has 100 valence electrons. The quantitative estimate of drug-likeness (QED) is 0.884. The Balaban J connectivity index is 1.80. The minimum Gasteiger partial charge on any atom is -0.497 e. The van der Waals surface area contributed by atoms with Crippen LogP contribution in [0.1, 0.15) is 18.9 Å². The average molecular weight is 248 g/mol. The third-order valence-electron chi connectivity index (χ3n) is 3.93. The molecule has 0 amide bonds. The second-order valence-corrected chi connectivity index (χ2v) is 5.33. The molecule has 3 nitrogen and oxygen atoms in total. The summed E-state index contributed by atoms with van der Waals surface area (Å²) in [7, 11) is 1.70. The lowest BCUT2D eigenvalue weighted by atomic mass is 9.94.